The third-order valence-electron chi connectivity index (χ3n) is 17.9. The van der Waals surface area contributed by atoms with Crippen molar-refractivity contribution >= 4 is 52.5 Å². The van der Waals surface area contributed by atoms with Gasteiger partial charge in [0.2, 0.25) is 23.6 Å². The second-order valence-electron chi connectivity index (χ2n) is 27.4. The standard InChI is InChI=1S/C37H64N2O17.C33H61N5O14/c1-23-30(45)32(47)34(49)36(55-23)53-14-5-8-28(43)21-39(22-29(44)9-6-15-54-37-35(50)33(48)31(46)24(2)56-37)20-27(42)7-4-13-51-17-18-52-16-12-25(40)10-11-26(41)19-38-3;1-4-34-22(39)11-9-7-5-6-8-10-12-35-23(40)17-38(18-24(41)36-13-15-49-32-30(47)28(45)26(43)20(2)51-32)19-25(42)37-14-16-50-33-31(48)29(46)27(44)21(3)52-33/h23-24,30-38,45-50H,4-22H2,1-3H3;20-21,26-33,43-48H,4-19H2,1-3H3,(H,34,39)(H,35,40)(H,36,41)(H,37,42)/t23-,24-,30+,31+,32+,33+,34-,35-,36+,37+;20-,21-,26+,27+,28+,29+,30-,31-,32+,33+/m00/s1. The quantitative estimate of drug-likeness (QED) is 0.0252. The Bertz CT molecular complexity index is 2500. The van der Waals surface area contributed by atoms with Crippen molar-refractivity contribution in [3.05, 3.63) is 0 Å². The minimum Gasteiger partial charge on any atom is -0.388 e. The van der Waals surface area contributed by atoms with E-state index in [0.717, 1.165) is 38.5 Å². The molecule has 4 fully saturated rings. The van der Waals surface area contributed by atoms with E-state index in [1.807, 2.05) is 6.92 Å². The van der Waals surface area contributed by atoms with Crippen LogP contribution in [-0.2, 0) is 90.5 Å². The highest BCUT2D eigenvalue weighted by Gasteiger charge is 2.46. The van der Waals surface area contributed by atoms with E-state index >= 15 is 0 Å². The molecule has 17 N–H and O–H groups in total. The van der Waals surface area contributed by atoms with Gasteiger partial charge >= 0.3 is 0 Å². The van der Waals surface area contributed by atoms with Gasteiger partial charge in [0.25, 0.3) is 0 Å². The smallest absolute Gasteiger partial charge is 0.234 e. The molecule has 0 aliphatic carbocycles. The van der Waals surface area contributed by atoms with Gasteiger partial charge < -0.3 is 135 Å². The zero-order valence-electron chi connectivity index (χ0n) is 63.3. The van der Waals surface area contributed by atoms with Crippen LogP contribution in [0.2, 0.25) is 0 Å². The van der Waals surface area contributed by atoms with E-state index in [1.165, 1.54) is 37.5 Å². The van der Waals surface area contributed by atoms with Crippen LogP contribution in [0.1, 0.15) is 137 Å². The van der Waals surface area contributed by atoms with Gasteiger partial charge in [0.15, 0.2) is 25.2 Å². The number of rotatable bonds is 55. The maximum atomic E-state index is 12.9. The number of hydrogen-bond acceptors (Lipinski definition) is 34. The maximum absolute atomic E-state index is 12.9. The topological polar surface area (TPSA) is 555 Å². The number of ether oxygens (including phenoxy) is 10. The minimum atomic E-state index is -1.49. The van der Waals surface area contributed by atoms with Gasteiger partial charge in [0.05, 0.1) is 116 Å². The van der Waals surface area contributed by atoms with E-state index in [-0.39, 0.29) is 204 Å². The largest absolute Gasteiger partial charge is 0.388 e. The van der Waals surface area contributed by atoms with Gasteiger partial charge in [-0.1, -0.05) is 25.7 Å². The number of carbonyl (C=O) groups is 9. The molecule has 4 aliphatic rings. The van der Waals surface area contributed by atoms with Gasteiger partial charge in [-0.25, -0.2) is 0 Å². The highest BCUT2D eigenvalue weighted by molar-refractivity contribution is 5.88. The highest BCUT2D eigenvalue weighted by Crippen LogP contribution is 2.26. The Balaban J connectivity index is 0.000000562. The van der Waals surface area contributed by atoms with Crippen LogP contribution in [-0.4, -0.2) is 378 Å². The van der Waals surface area contributed by atoms with Crippen LogP contribution in [0.4, 0.5) is 0 Å². The molecular weight excluding hydrogens is 1430 g/mol. The third-order valence-corrected chi connectivity index (χ3v) is 17.9. The summed E-state index contributed by atoms with van der Waals surface area (Å²) < 4.78 is 54.3. The Morgan fingerprint density at radius 2 is 0.639 bits per heavy atom. The number of Topliss-reactive ketones (excluding diaryl/α,β-unsaturated/α-hetero) is 5. The first kappa shape index (κ1) is 97.4. The fourth-order valence-electron chi connectivity index (χ4n) is 11.6. The molecule has 0 spiro atoms. The average molecular weight is 1560 g/mol. The van der Waals surface area contributed by atoms with Crippen molar-refractivity contribution in [1.29, 1.82) is 0 Å². The maximum Gasteiger partial charge on any atom is 0.234 e. The summed E-state index contributed by atoms with van der Waals surface area (Å²) in [5, 5.41) is 133. The van der Waals surface area contributed by atoms with Crippen LogP contribution < -0.4 is 26.6 Å². The van der Waals surface area contributed by atoms with Crippen LogP contribution in [0.15, 0.2) is 0 Å². The number of hydrogen-bond donors (Lipinski definition) is 17. The number of nitrogens with one attached hydrogen (secondary N) is 5. The number of aliphatic hydroxyl groups is 12. The third kappa shape index (κ3) is 38.6. The first-order valence-corrected chi connectivity index (χ1v) is 37.5. The number of likely N-dealkylation sites (N-methyl/N-ethyl adjacent to an activating group) is 1. The summed E-state index contributed by atoms with van der Waals surface area (Å²) in [6.07, 6.45) is -17.3. The molecule has 38 nitrogen and oxygen atoms in total. The van der Waals surface area contributed by atoms with Crippen molar-refractivity contribution in [1.82, 2.24) is 36.4 Å². The van der Waals surface area contributed by atoms with E-state index in [4.69, 9.17) is 47.4 Å². The number of carbonyl (C=O) groups excluding carboxylic acids is 9. The van der Waals surface area contributed by atoms with Crippen LogP contribution in [0, 0.1) is 0 Å². The molecule has 4 aliphatic heterocycles. The van der Waals surface area contributed by atoms with Crippen molar-refractivity contribution in [3.63, 3.8) is 0 Å². The van der Waals surface area contributed by atoms with Gasteiger partial charge in [0.1, 0.15) is 102 Å². The Morgan fingerprint density at radius 1 is 0.306 bits per heavy atom. The Morgan fingerprint density at radius 3 is 1.03 bits per heavy atom. The van der Waals surface area contributed by atoms with Crippen LogP contribution in [0.25, 0.3) is 0 Å². The van der Waals surface area contributed by atoms with Gasteiger partial charge in [0, 0.05) is 77.7 Å². The Labute approximate surface area is 630 Å². The number of ketones is 5. The van der Waals surface area contributed by atoms with Gasteiger partial charge in [-0.05, 0) is 73.8 Å². The van der Waals surface area contributed by atoms with Crippen molar-refractivity contribution in [2.75, 3.05) is 132 Å². The molecular formula is C70H125N7O31. The lowest BCUT2D eigenvalue weighted by atomic mass is 10.00. The molecule has 626 valence electrons. The zero-order chi connectivity index (χ0) is 80.3. The predicted octanol–water partition coefficient (Wildman–Crippen LogP) is -6.22. The number of unbranched alkanes of at least 4 members (excludes halogenated alkanes) is 5. The Kier molecular flexibility index (Phi) is 49.5. The molecule has 0 saturated carbocycles. The summed E-state index contributed by atoms with van der Waals surface area (Å²) >= 11 is 0. The van der Waals surface area contributed by atoms with Crippen LogP contribution in [0.5, 0.6) is 0 Å². The molecule has 0 bridgehead atoms. The second-order valence-corrected chi connectivity index (χ2v) is 27.4. The summed E-state index contributed by atoms with van der Waals surface area (Å²) in [6, 6.07) is 0. The van der Waals surface area contributed by atoms with Crippen LogP contribution >= 0.6 is 0 Å². The lowest BCUT2D eigenvalue weighted by molar-refractivity contribution is -0.293. The van der Waals surface area contributed by atoms with Crippen molar-refractivity contribution < 1.29 is 152 Å². The van der Waals surface area contributed by atoms with Crippen molar-refractivity contribution in [3.8, 4) is 0 Å². The molecule has 4 amide bonds. The summed E-state index contributed by atoms with van der Waals surface area (Å²) in [5.41, 5.74) is 0. The number of aliphatic hydroxyl groups excluding tert-OH is 12. The SMILES string of the molecule is CCNC(=O)CCCCCCCCNC(=O)CN(CC(=O)NCCO[C@@H]1O[C@@H](C)[C@@H](O)[C@@H](O)[C@@H]1O)CC(=O)NCCO[C@@H]1O[C@@H](C)[C@@H](O)[C@@H](O)[C@@H]1O.CNCC(=O)CCC(=O)CCOCCOCCCC(=O)CN(CC(=O)CCCO[C@@H]1O[C@@H](C)[C@@H](O)[C@@H](O)[C@@H]1O)CC(=O)CCCO[C@@H]1O[C@@H](C)[C@@H](O)[C@@H](O)[C@@H]1O. The molecule has 0 unspecified atom stereocenters. The minimum absolute atomic E-state index is 0.00240. The van der Waals surface area contributed by atoms with E-state index in [9.17, 15) is 104 Å². The lowest BCUT2D eigenvalue weighted by Gasteiger charge is -2.38. The molecule has 20 atom stereocenters. The van der Waals surface area contributed by atoms with Gasteiger partial charge in [-0.2, -0.15) is 0 Å². The summed E-state index contributed by atoms with van der Waals surface area (Å²) in [7, 11) is 1.67. The zero-order valence-corrected chi connectivity index (χ0v) is 63.3. The van der Waals surface area contributed by atoms with Gasteiger partial charge in [-0.15, -0.1) is 0 Å². The highest BCUT2D eigenvalue weighted by atomic mass is 16.7. The fourth-order valence-corrected chi connectivity index (χ4v) is 11.6. The molecule has 0 aromatic rings. The molecule has 108 heavy (non-hydrogen) atoms. The summed E-state index contributed by atoms with van der Waals surface area (Å²) in [5.74, 6) is -2.19. The summed E-state index contributed by atoms with van der Waals surface area (Å²) in [6.45, 7) is 8.52. The monoisotopic (exact) mass is 1560 g/mol. The summed E-state index contributed by atoms with van der Waals surface area (Å²) in [4.78, 5) is 115. The molecule has 4 rings (SSSR count). The molecule has 0 aromatic carbocycles. The van der Waals surface area contributed by atoms with Crippen molar-refractivity contribution in [2.45, 2.75) is 260 Å². The van der Waals surface area contributed by atoms with E-state index in [1.54, 1.807) is 7.05 Å². The number of nitrogens with zero attached hydrogens (tertiary/aromatic N) is 2. The average Bonchev–Trinajstić information content (AvgIpc) is 0.845. The van der Waals surface area contributed by atoms with E-state index in [2.05, 4.69) is 26.6 Å². The molecule has 0 radical (unpaired) electrons. The van der Waals surface area contributed by atoms with Crippen molar-refractivity contribution in [2.24, 2.45) is 0 Å². The predicted molar refractivity (Wildman–Crippen MR) is 378 cm³/mol. The molecule has 4 heterocycles. The van der Waals surface area contributed by atoms with Gasteiger partial charge in [-0.3, -0.25) is 53.0 Å². The fraction of sp³-hybridized carbons (Fsp3) is 0.871. The molecule has 4 saturated heterocycles. The Hall–Kier alpha value is -4.77. The first-order valence-electron chi connectivity index (χ1n) is 37.5. The molecule has 0 aromatic heterocycles. The second kappa shape index (κ2) is 54.8. The first-order chi connectivity index (χ1) is 51.4. The van der Waals surface area contributed by atoms with Crippen LogP contribution in [0.3, 0.4) is 0 Å². The molecule has 38 heteroatoms. The lowest BCUT2D eigenvalue weighted by Crippen LogP contribution is -2.57. The van der Waals surface area contributed by atoms with E-state index in [0.29, 0.717) is 25.9 Å². The normalized spacial score (nSPS) is 28.5. The van der Waals surface area contributed by atoms with E-state index < -0.39 is 135 Å². The number of amides is 4.